The second-order valence-electron chi connectivity index (χ2n) is 6.43. The largest absolute Gasteiger partial charge is 0.450 e. The highest BCUT2D eigenvalue weighted by Gasteiger charge is 2.42. The van der Waals surface area contributed by atoms with E-state index < -0.39 is 11.5 Å². The van der Waals surface area contributed by atoms with E-state index in [0.717, 1.165) is 5.39 Å². The summed E-state index contributed by atoms with van der Waals surface area (Å²) >= 11 is 0. The molecule has 5 nitrogen and oxygen atoms in total. The van der Waals surface area contributed by atoms with Crippen LogP contribution in [0.15, 0.2) is 35.0 Å². The molecule has 3 aromatic rings. The molecule has 2 aromatic heterocycles. The number of furan rings is 1. The Kier molecular flexibility index (Phi) is 3.42. The van der Waals surface area contributed by atoms with Crippen LogP contribution >= 0.6 is 0 Å². The molecule has 7 heteroatoms. The first-order valence-corrected chi connectivity index (χ1v) is 7.92. The van der Waals surface area contributed by atoms with Crippen LogP contribution in [0.3, 0.4) is 0 Å². The smallest absolute Gasteiger partial charge is 0.248 e. The van der Waals surface area contributed by atoms with E-state index in [0.29, 0.717) is 22.5 Å². The molecule has 0 bridgehead atoms. The molecule has 0 atom stereocenters. The van der Waals surface area contributed by atoms with Crippen LogP contribution in [0.4, 0.5) is 14.6 Å². The second-order valence-corrected chi connectivity index (χ2v) is 6.43. The molecule has 2 heterocycles. The maximum absolute atomic E-state index is 13.3. The van der Waals surface area contributed by atoms with Crippen molar-refractivity contribution in [2.45, 2.75) is 37.2 Å². The zero-order valence-corrected chi connectivity index (χ0v) is 12.9. The molecule has 126 valence electrons. The fourth-order valence-electron chi connectivity index (χ4n) is 3.16. The van der Waals surface area contributed by atoms with Gasteiger partial charge < -0.3 is 14.8 Å². The molecule has 1 saturated carbocycles. The summed E-state index contributed by atoms with van der Waals surface area (Å²) in [7, 11) is 0. The van der Waals surface area contributed by atoms with Gasteiger partial charge in [-0.3, -0.25) is 0 Å². The number of aliphatic hydroxyl groups is 1. The van der Waals surface area contributed by atoms with Gasteiger partial charge in [0.05, 0.1) is 5.60 Å². The standard InChI is InChI=1S/C17H17F2N3O2/c18-17(19)7-5-16(23,6-8-17)9-20-15-14-13(21-10-22-15)11-3-1-2-4-12(11)24-14/h1-4,10,23H,5-9H2,(H,20,21,22). The topological polar surface area (TPSA) is 71.2 Å². The van der Waals surface area contributed by atoms with Crippen molar-refractivity contribution in [2.24, 2.45) is 0 Å². The van der Waals surface area contributed by atoms with Gasteiger partial charge in [0.25, 0.3) is 0 Å². The molecule has 0 radical (unpaired) electrons. The van der Waals surface area contributed by atoms with Gasteiger partial charge in [-0.2, -0.15) is 0 Å². The van der Waals surface area contributed by atoms with E-state index >= 15 is 0 Å². The molecule has 4 rings (SSSR count). The monoisotopic (exact) mass is 333 g/mol. The first-order valence-electron chi connectivity index (χ1n) is 7.92. The Balaban J connectivity index is 1.59. The summed E-state index contributed by atoms with van der Waals surface area (Å²) in [5.41, 5.74) is 0.728. The molecule has 0 saturated heterocycles. The third kappa shape index (κ3) is 2.69. The third-order valence-electron chi connectivity index (χ3n) is 4.66. The van der Waals surface area contributed by atoms with Gasteiger partial charge in [-0.25, -0.2) is 18.7 Å². The van der Waals surface area contributed by atoms with Crippen LogP contribution in [0.1, 0.15) is 25.7 Å². The van der Waals surface area contributed by atoms with E-state index in [1.807, 2.05) is 24.3 Å². The van der Waals surface area contributed by atoms with Crippen molar-refractivity contribution >= 4 is 27.9 Å². The van der Waals surface area contributed by atoms with Crippen molar-refractivity contribution in [3.05, 3.63) is 30.6 Å². The van der Waals surface area contributed by atoms with Crippen LogP contribution in [0.5, 0.6) is 0 Å². The Hall–Kier alpha value is -2.28. The SMILES string of the molecule is OC1(CNc2ncnc3c2oc2ccccc23)CCC(F)(F)CC1. The first kappa shape index (κ1) is 15.3. The number of rotatable bonds is 3. The second kappa shape index (κ2) is 5.37. The number of anilines is 1. The molecular formula is C17H17F2N3O2. The lowest BCUT2D eigenvalue weighted by atomic mass is 9.83. The molecule has 2 N–H and O–H groups in total. The number of benzene rings is 1. The Morgan fingerprint density at radius 3 is 2.67 bits per heavy atom. The highest BCUT2D eigenvalue weighted by molar-refractivity contribution is 6.05. The number of hydrogen-bond donors (Lipinski definition) is 2. The van der Waals surface area contributed by atoms with E-state index in [-0.39, 0.29) is 32.2 Å². The van der Waals surface area contributed by atoms with Gasteiger partial charge in [-0.15, -0.1) is 0 Å². The van der Waals surface area contributed by atoms with Crippen molar-refractivity contribution < 1.29 is 18.3 Å². The van der Waals surface area contributed by atoms with Gasteiger partial charge in [-0.1, -0.05) is 12.1 Å². The molecule has 1 fully saturated rings. The van der Waals surface area contributed by atoms with Gasteiger partial charge in [0.1, 0.15) is 17.4 Å². The molecule has 0 unspecified atom stereocenters. The number of alkyl halides is 2. The van der Waals surface area contributed by atoms with Gasteiger partial charge in [-0.05, 0) is 25.0 Å². The molecular weight excluding hydrogens is 316 g/mol. The van der Waals surface area contributed by atoms with Crippen LogP contribution in [0.25, 0.3) is 22.1 Å². The number of hydrogen-bond acceptors (Lipinski definition) is 5. The molecule has 1 aliphatic rings. The highest BCUT2D eigenvalue weighted by atomic mass is 19.3. The summed E-state index contributed by atoms with van der Waals surface area (Å²) in [4.78, 5) is 8.43. The normalized spacial score (nSPS) is 19.6. The molecule has 24 heavy (non-hydrogen) atoms. The van der Waals surface area contributed by atoms with E-state index in [1.165, 1.54) is 6.33 Å². The summed E-state index contributed by atoms with van der Waals surface area (Å²) in [6.45, 7) is 0.145. The quantitative estimate of drug-likeness (QED) is 0.764. The van der Waals surface area contributed by atoms with Crippen molar-refractivity contribution in [3.8, 4) is 0 Å². The number of nitrogens with zero attached hydrogens (tertiary/aromatic N) is 2. The van der Waals surface area contributed by atoms with Crippen molar-refractivity contribution in [2.75, 3.05) is 11.9 Å². The molecule has 1 aromatic carbocycles. The van der Waals surface area contributed by atoms with E-state index in [1.54, 1.807) is 0 Å². The van der Waals surface area contributed by atoms with E-state index in [2.05, 4.69) is 15.3 Å². The fraction of sp³-hybridized carbons (Fsp3) is 0.412. The van der Waals surface area contributed by atoms with Gasteiger partial charge >= 0.3 is 0 Å². The summed E-state index contributed by atoms with van der Waals surface area (Å²) in [5, 5.41) is 14.4. The number of para-hydroxylation sites is 1. The lowest BCUT2D eigenvalue weighted by molar-refractivity contribution is -0.0977. The van der Waals surface area contributed by atoms with Gasteiger partial charge in [0.15, 0.2) is 11.4 Å². The summed E-state index contributed by atoms with van der Waals surface area (Å²) < 4.78 is 32.3. The predicted molar refractivity (Wildman–Crippen MR) is 86.2 cm³/mol. The highest BCUT2D eigenvalue weighted by Crippen LogP contribution is 2.39. The minimum atomic E-state index is -2.67. The maximum atomic E-state index is 13.3. The number of nitrogens with one attached hydrogen (secondary N) is 1. The van der Waals surface area contributed by atoms with Crippen LogP contribution in [0.2, 0.25) is 0 Å². The van der Waals surface area contributed by atoms with E-state index in [4.69, 9.17) is 4.42 Å². The molecule has 0 aliphatic heterocycles. The number of fused-ring (bicyclic) bond motifs is 3. The number of halogens is 2. The predicted octanol–water partition coefficient (Wildman–Crippen LogP) is 3.73. The van der Waals surface area contributed by atoms with Crippen LogP contribution < -0.4 is 5.32 Å². The minimum Gasteiger partial charge on any atom is -0.450 e. The van der Waals surface area contributed by atoms with Crippen molar-refractivity contribution in [1.82, 2.24) is 9.97 Å². The molecule has 1 aliphatic carbocycles. The Labute approximate surface area is 136 Å². The van der Waals surface area contributed by atoms with Crippen molar-refractivity contribution in [3.63, 3.8) is 0 Å². The summed E-state index contributed by atoms with van der Waals surface area (Å²) in [6, 6.07) is 7.53. The Bertz CT molecular complexity index is 884. The van der Waals surface area contributed by atoms with Crippen LogP contribution in [-0.2, 0) is 0 Å². The van der Waals surface area contributed by atoms with Crippen LogP contribution in [-0.4, -0.2) is 33.1 Å². The molecule has 0 spiro atoms. The van der Waals surface area contributed by atoms with Gasteiger partial charge in [0.2, 0.25) is 5.92 Å². The number of aromatic nitrogens is 2. The van der Waals surface area contributed by atoms with Crippen molar-refractivity contribution in [1.29, 1.82) is 0 Å². The lowest BCUT2D eigenvalue weighted by Crippen LogP contribution is -2.43. The summed E-state index contributed by atoms with van der Waals surface area (Å²) in [6.07, 6.45) is 0.943. The molecule has 0 amide bonds. The van der Waals surface area contributed by atoms with E-state index in [9.17, 15) is 13.9 Å². The average Bonchev–Trinajstić information content (AvgIpc) is 2.96. The first-order chi connectivity index (χ1) is 11.5. The zero-order chi connectivity index (χ0) is 16.8. The summed E-state index contributed by atoms with van der Waals surface area (Å²) in [5.74, 6) is -2.21. The Morgan fingerprint density at radius 2 is 1.88 bits per heavy atom. The minimum absolute atomic E-state index is 0.0569. The maximum Gasteiger partial charge on any atom is 0.248 e. The fourth-order valence-corrected chi connectivity index (χ4v) is 3.16. The lowest BCUT2D eigenvalue weighted by Gasteiger charge is -2.36. The van der Waals surface area contributed by atoms with Gasteiger partial charge in [0, 0.05) is 24.8 Å². The average molecular weight is 333 g/mol. The Morgan fingerprint density at radius 1 is 1.12 bits per heavy atom. The zero-order valence-electron chi connectivity index (χ0n) is 12.9. The third-order valence-corrected chi connectivity index (χ3v) is 4.66. The van der Waals surface area contributed by atoms with Crippen LogP contribution in [0, 0.1) is 0 Å².